The summed E-state index contributed by atoms with van der Waals surface area (Å²) < 4.78 is 0. The van der Waals surface area contributed by atoms with Gasteiger partial charge >= 0.3 is 0 Å². The highest BCUT2D eigenvalue weighted by Crippen LogP contribution is 2.20. The average Bonchev–Trinajstić information content (AvgIpc) is 3.06. The molecule has 0 aromatic heterocycles. The minimum Gasteiger partial charge on any atom is -0.412 e. The van der Waals surface area contributed by atoms with Crippen molar-refractivity contribution in [3.63, 3.8) is 0 Å². The molecule has 0 saturated heterocycles. The van der Waals surface area contributed by atoms with Crippen LogP contribution in [0.3, 0.4) is 0 Å². The zero-order chi connectivity index (χ0) is 22.3. The van der Waals surface area contributed by atoms with Crippen LogP contribution in [-0.2, 0) is 12.8 Å². The minimum atomic E-state index is 0. The molecule has 168 valence electrons. The Hall–Kier alpha value is -3.49. The molecule has 0 atom stereocenters. The Balaban J connectivity index is 0.00000306. The summed E-state index contributed by atoms with van der Waals surface area (Å²) in [5.41, 5.74) is 9.32. The van der Waals surface area contributed by atoms with Crippen LogP contribution < -0.4 is 0 Å². The fourth-order valence-corrected chi connectivity index (χ4v) is 3.95. The van der Waals surface area contributed by atoms with Gasteiger partial charge in [0.2, 0.25) is 0 Å². The van der Waals surface area contributed by atoms with Gasteiger partial charge in [-0.15, -0.1) is 0 Å². The van der Waals surface area contributed by atoms with E-state index in [-0.39, 0.29) is 11.3 Å². The predicted molar refractivity (Wildman–Crippen MR) is 138 cm³/mol. The van der Waals surface area contributed by atoms with E-state index in [0.717, 1.165) is 36.8 Å². The molecule has 0 unspecified atom stereocenters. The molecule has 0 radical (unpaired) electrons. The van der Waals surface area contributed by atoms with Crippen molar-refractivity contribution in [2.75, 3.05) is 0 Å². The summed E-state index contributed by atoms with van der Waals surface area (Å²) >= 11 is 0. The van der Waals surface area contributed by atoms with E-state index in [9.17, 15) is 4.79 Å². The molecule has 2 N–H and O–H groups in total. The first-order chi connectivity index (χ1) is 15.6. The molecule has 0 spiro atoms. The molecule has 3 aromatic carbocycles. The molecular formula is C31H32O2. The van der Waals surface area contributed by atoms with Crippen molar-refractivity contribution in [2.24, 2.45) is 0 Å². The van der Waals surface area contributed by atoms with Crippen LogP contribution in [0, 0.1) is 13.8 Å². The maximum Gasteiger partial charge on any atom is 0.192 e. The molecule has 0 amide bonds. The van der Waals surface area contributed by atoms with Gasteiger partial charge in [0.25, 0.3) is 0 Å². The summed E-state index contributed by atoms with van der Waals surface area (Å²) in [7, 11) is 0. The molecule has 2 heteroatoms. The van der Waals surface area contributed by atoms with Crippen LogP contribution in [0.5, 0.6) is 0 Å². The lowest BCUT2D eigenvalue weighted by molar-refractivity contribution is 0.103. The Morgan fingerprint density at radius 1 is 0.667 bits per heavy atom. The Labute approximate surface area is 197 Å². The molecule has 0 aliphatic heterocycles. The van der Waals surface area contributed by atoms with Crippen molar-refractivity contribution in [3.05, 3.63) is 142 Å². The topological polar surface area (TPSA) is 48.6 Å². The summed E-state index contributed by atoms with van der Waals surface area (Å²) in [5, 5.41) is 0. The summed E-state index contributed by atoms with van der Waals surface area (Å²) in [5.74, 6) is 0.0973. The highest BCUT2D eigenvalue weighted by Gasteiger charge is 2.11. The number of hydrogen-bond donors (Lipinski definition) is 0. The van der Waals surface area contributed by atoms with E-state index >= 15 is 0 Å². The van der Waals surface area contributed by atoms with E-state index in [2.05, 4.69) is 67.6 Å². The van der Waals surface area contributed by atoms with E-state index in [4.69, 9.17) is 0 Å². The van der Waals surface area contributed by atoms with Crippen LogP contribution in [0.25, 0.3) is 0 Å². The third-order valence-electron chi connectivity index (χ3n) is 6.02. The molecule has 4 rings (SSSR count). The second-order valence-corrected chi connectivity index (χ2v) is 8.68. The van der Waals surface area contributed by atoms with Gasteiger partial charge in [-0.1, -0.05) is 114 Å². The predicted octanol–water partition coefficient (Wildman–Crippen LogP) is 6.70. The summed E-state index contributed by atoms with van der Waals surface area (Å²) in [6.45, 7) is 4.16. The quantitative estimate of drug-likeness (QED) is 0.380. The fourth-order valence-electron chi connectivity index (χ4n) is 3.95. The monoisotopic (exact) mass is 436 g/mol. The number of hydrogen-bond acceptors (Lipinski definition) is 1. The zero-order valence-corrected chi connectivity index (χ0v) is 19.5. The van der Waals surface area contributed by atoms with Crippen molar-refractivity contribution in [1.29, 1.82) is 0 Å². The van der Waals surface area contributed by atoms with Crippen molar-refractivity contribution in [3.8, 4) is 0 Å². The minimum absolute atomic E-state index is 0. The first-order valence-electron chi connectivity index (χ1n) is 11.4. The largest absolute Gasteiger partial charge is 0.412 e. The Bertz CT molecular complexity index is 1160. The van der Waals surface area contributed by atoms with E-state index < -0.39 is 0 Å². The second-order valence-electron chi connectivity index (χ2n) is 8.68. The number of carbonyl (C=O) groups is 1. The molecule has 1 aliphatic rings. The highest BCUT2D eigenvalue weighted by atomic mass is 16.1. The van der Waals surface area contributed by atoms with Crippen LogP contribution in [-0.4, -0.2) is 11.3 Å². The summed E-state index contributed by atoms with van der Waals surface area (Å²) in [6.07, 6.45) is 12.1. The first-order valence-corrected chi connectivity index (χ1v) is 11.4. The van der Waals surface area contributed by atoms with Crippen molar-refractivity contribution >= 4 is 5.78 Å². The number of Topliss-reactive ketones (excluding diaryl/α,β-unsaturated/α-hetero) is 1. The van der Waals surface area contributed by atoms with Crippen LogP contribution in [0.15, 0.2) is 108 Å². The van der Waals surface area contributed by atoms with Gasteiger partial charge in [-0.3, -0.25) is 4.79 Å². The van der Waals surface area contributed by atoms with Crippen LogP contribution >= 0.6 is 0 Å². The van der Waals surface area contributed by atoms with Crippen LogP contribution in [0.2, 0.25) is 0 Å². The maximum absolute atomic E-state index is 12.8. The molecule has 3 aromatic rings. The van der Waals surface area contributed by atoms with Gasteiger partial charge in [0.05, 0.1) is 0 Å². The second kappa shape index (κ2) is 11.4. The van der Waals surface area contributed by atoms with Gasteiger partial charge in [-0.05, 0) is 56.2 Å². The SMILES string of the molecule is Cc1ccc(Cc2ccc(CCC3=CCC=C(C(=O)c4ccc(C)cc4)C=C3)cc2)cc1.O. The fraction of sp³-hybridized carbons (Fsp3) is 0.194. The number of carbonyl (C=O) groups excluding carboxylic acids is 1. The summed E-state index contributed by atoms with van der Waals surface area (Å²) in [4.78, 5) is 12.8. The van der Waals surface area contributed by atoms with Crippen molar-refractivity contribution in [2.45, 2.75) is 39.5 Å². The molecule has 33 heavy (non-hydrogen) atoms. The number of ketones is 1. The standard InChI is InChI=1S/C31H30O.H2O/c1-23-6-10-27(11-7-23)22-28-16-14-26(15-17-28)13-12-25-4-3-5-29(21-18-25)31(32)30-19-8-24(2)9-20-30;/h4-11,14-21H,3,12-13,22H2,1-2H3;1H2. The van der Waals surface area contributed by atoms with Gasteiger partial charge in [-0.2, -0.15) is 0 Å². The van der Waals surface area contributed by atoms with E-state index in [1.807, 2.05) is 43.3 Å². The van der Waals surface area contributed by atoms with E-state index in [1.165, 1.54) is 33.4 Å². The maximum atomic E-state index is 12.8. The third kappa shape index (κ3) is 6.74. The van der Waals surface area contributed by atoms with E-state index in [1.54, 1.807) is 0 Å². The molecule has 1 aliphatic carbocycles. The lowest BCUT2D eigenvalue weighted by Gasteiger charge is -2.06. The lowest BCUT2D eigenvalue weighted by Crippen LogP contribution is -2.01. The van der Waals surface area contributed by atoms with Crippen LogP contribution in [0.4, 0.5) is 0 Å². The Morgan fingerprint density at radius 2 is 1.21 bits per heavy atom. The normalized spacial score (nSPS) is 12.9. The van der Waals surface area contributed by atoms with Gasteiger partial charge in [0, 0.05) is 11.1 Å². The van der Waals surface area contributed by atoms with Crippen molar-refractivity contribution in [1.82, 2.24) is 0 Å². The van der Waals surface area contributed by atoms with Gasteiger partial charge < -0.3 is 5.48 Å². The van der Waals surface area contributed by atoms with Crippen molar-refractivity contribution < 1.29 is 10.3 Å². The van der Waals surface area contributed by atoms with E-state index in [0.29, 0.717) is 0 Å². The number of aryl methyl sites for hydroxylation is 3. The first kappa shape index (κ1) is 24.2. The molecular weight excluding hydrogens is 404 g/mol. The highest BCUT2D eigenvalue weighted by molar-refractivity contribution is 6.10. The zero-order valence-electron chi connectivity index (χ0n) is 19.5. The molecule has 0 bridgehead atoms. The Morgan fingerprint density at radius 3 is 1.85 bits per heavy atom. The molecule has 0 saturated carbocycles. The lowest BCUT2D eigenvalue weighted by atomic mass is 9.99. The number of rotatable bonds is 7. The van der Waals surface area contributed by atoms with Gasteiger partial charge in [0.1, 0.15) is 0 Å². The molecule has 2 nitrogen and oxygen atoms in total. The van der Waals surface area contributed by atoms with Crippen LogP contribution in [0.1, 0.15) is 51.0 Å². The molecule has 0 heterocycles. The molecule has 0 fully saturated rings. The summed E-state index contributed by atoms with van der Waals surface area (Å²) in [6, 6.07) is 25.5. The van der Waals surface area contributed by atoms with Gasteiger partial charge in [-0.25, -0.2) is 0 Å². The third-order valence-corrected chi connectivity index (χ3v) is 6.02. The smallest absolute Gasteiger partial charge is 0.192 e. The van der Waals surface area contributed by atoms with Gasteiger partial charge in [0.15, 0.2) is 5.78 Å². The average molecular weight is 437 g/mol. The number of benzene rings is 3. The Kier molecular flexibility index (Phi) is 8.34. The number of allylic oxidation sites excluding steroid dienone is 6.